The molecule has 0 aliphatic carbocycles. The molecule has 1 aliphatic rings. The lowest BCUT2D eigenvalue weighted by Gasteiger charge is -2.05. The summed E-state index contributed by atoms with van der Waals surface area (Å²) in [5, 5.41) is 19.4. The molecule has 0 aromatic heterocycles. The number of para-hydroxylation sites is 1. The first-order chi connectivity index (χ1) is 8.35. The van der Waals surface area contributed by atoms with Gasteiger partial charge >= 0.3 is 5.97 Å². The predicted molar refractivity (Wildman–Crippen MR) is 58.4 cm³/mol. The number of carboxylic acid groups (broad SMARTS) is 1. The van der Waals surface area contributed by atoms with Gasteiger partial charge in [-0.1, -0.05) is 12.1 Å². The van der Waals surface area contributed by atoms with E-state index in [4.69, 9.17) is 5.11 Å². The average molecular weight is 272 g/mol. The first kappa shape index (κ1) is 12.5. The molecular weight excluding hydrogens is 264 g/mol. The zero-order valence-electron chi connectivity index (χ0n) is 8.88. The van der Waals surface area contributed by atoms with E-state index in [0.29, 0.717) is 4.31 Å². The molecule has 1 aromatic carbocycles. The van der Waals surface area contributed by atoms with Crippen molar-refractivity contribution in [2.75, 3.05) is 6.54 Å². The highest BCUT2D eigenvalue weighted by Gasteiger charge is 2.51. The lowest BCUT2D eigenvalue weighted by atomic mass is 10.3. The molecule has 9 heteroatoms. The van der Waals surface area contributed by atoms with Crippen LogP contribution in [0.4, 0.5) is 5.69 Å². The van der Waals surface area contributed by atoms with Crippen molar-refractivity contribution in [2.45, 2.75) is 10.9 Å². The Morgan fingerprint density at radius 3 is 2.56 bits per heavy atom. The minimum atomic E-state index is -4.12. The van der Waals surface area contributed by atoms with Gasteiger partial charge in [0.15, 0.2) is 4.90 Å². The molecule has 1 aromatic rings. The van der Waals surface area contributed by atoms with Crippen LogP contribution in [0.3, 0.4) is 0 Å². The second-order valence-electron chi connectivity index (χ2n) is 3.65. The van der Waals surface area contributed by atoms with E-state index in [1.807, 2.05) is 0 Å². The number of sulfonamides is 1. The largest absolute Gasteiger partial charge is 0.480 e. The van der Waals surface area contributed by atoms with E-state index in [1.54, 1.807) is 0 Å². The van der Waals surface area contributed by atoms with E-state index in [9.17, 15) is 23.3 Å². The van der Waals surface area contributed by atoms with Crippen molar-refractivity contribution in [3.63, 3.8) is 0 Å². The fraction of sp³-hybridized carbons (Fsp3) is 0.222. The molecule has 0 bridgehead atoms. The van der Waals surface area contributed by atoms with Gasteiger partial charge in [0.1, 0.15) is 6.04 Å². The third kappa shape index (κ3) is 1.93. The van der Waals surface area contributed by atoms with Crippen molar-refractivity contribution >= 4 is 21.7 Å². The van der Waals surface area contributed by atoms with Crippen LogP contribution in [0, 0.1) is 10.1 Å². The maximum atomic E-state index is 12.0. The Hall–Kier alpha value is -2.00. The molecule has 2 atom stereocenters. The quantitative estimate of drug-likeness (QED) is 0.470. The number of aliphatic carboxylic acids is 1. The first-order valence-corrected chi connectivity index (χ1v) is 6.28. The molecule has 0 spiro atoms. The Morgan fingerprint density at radius 2 is 2.06 bits per heavy atom. The SMILES string of the molecule is O=C(O)C1CN1S(=O)(=O)c1ccccc1[N+](=O)[O-]. The molecule has 8 nitrogen and oxygen atoms in total. The molecule has 0 saturated carbocycles. The molecule has 1 N–H and O–H groups in total. The predicted octanol–water partition coefficient (Wildman–Crippen LogP) is 0.0523. The zero-order chi connectivity index (χ0) is 13.5. The minimum absolute atomic E-state index is 0.163. The Morgan fingerprint density at radius 1 is 1.44 bits per heavy atom. The van der Waals surface area contributed by atoms with Crippen molar-refractivity contribution < 1.29 is 23.2 Å². The van der Waals surface area contributed by atoms with Crippen LogP contribution < -0.4 is 0 Å². The number of hydrogen-bond donors (Lipinski definition) is 1. The Balaban J connectivity index is 2.44. The molecule has 2 unspecified atom stereocenters. The van der Waals surface area contributed by atoms with Gasteiger partial charge in [-0.2, -0.15) is 4.31 Å². The second kappa shape index (κ2) is 4.03. The molecule has 1 saturated heterocycles. The van der Waals surface area contributed by atoms with E-state index in [2.05, 4.69) is 0 Å². The highest BCUT2D eigenvalue weighted by Crippen LogP contribution is 2.32. The molecule has 1 aliphatic heterocycles. The topological polar surface area (TPSA) is 118 Å². The summed E-state index contributed by atoms with van der Waals surface area (Å²) in [4.78, 5) is 20.1. The third-order valence-electron chi connectivity index (χ3n) is 2.50. The molecule has 2 rings (SSSR count). The van der Waals surface area contributed by atoms with Crippen LogP contribution in [0.15, 0.2) is 29.2 Å². The summed E-state index contributed by atoms with van der Waals surface area (Å²) in [6.45, 7) is -0.163. The van der Waals surface area contributed by atoms with Crippen LogP contribution in [-0.4, -0.2) is 41.3 Å². The summed E-state index contributed by atoms with van der Waals surface area (Å²) in [6.07, 6.45) is 0. The van der Waals surface area contributed by atoms with Gasteiger partial charge in [0.25, 0.3) is 15.7 Å². The zero-order valence-corrected chi connectivity index (χ0v) is 9.70. The highest BCUT2D eigenvalue weighted by atomic mass is 32.2. The van der Waals surface area contributed by atoms with Gasteiger partial charge in [0, 0.05) is 12.6 Å². The number of hydrogen-bond acceptors (Lipinski definition) is 5. The van der Waals surface area contributed by atoms with E-state index >= 15 is 0 Å². The summed E-state index contributed by atoms with van der Waals surface area (Å²) in [6, 6.07) is 3.71. The lowest BCUT2D eigenvalue weighted by Crippen LogP contribution is -2.19. The van der Waals surface area contributed by atoms with Crippen LogP contribution in [0.1, 0.15) is 0 Å². The van der Waals surface area contributed by atoms with E-state index in [0.717, 1.165) is 12.1 Å². The van der Waals surface area contributed by atoms with Crippen LogP contribution in [0.5, 0.6) is 0 Å². The number of benzene rings is 1. The summed E-state index contributed by atoms with van der Waals surface area (Å²) >= 11 is 0. The molecule has 96 valence electrons. The average Bonchev–Trinajstić information content (AvgIpc) is 3.09. The van der Waals surface area contributed by atoms with Gasteiger partial charge in [-0.05, 0) is 6.07 Å². The van der Waals surface area contributed by atoms with Crippen molar-refractivity contribution in [3.05, 3.63) is 34.4 Å². The van der Waals surface area contributed by atoms with E-state index < -0.39 is 37.5 Å². The fourth-order valence-corrected chi connectivity index (χ4v) is 3.22. The molecule has 0 amide bonds. The Bertz CT molecular complexity index is 626. The summed E-state index contributed by atoms with van der Waals surface area (Å²) in [7, 11) is -4.12. The Kier molecular flexibility index (Phi) is 2.79. The van der Waals surface area contributed by atoms with Crippen molar-refractivity contribution in [2.24, 2.45) is 0 Å². The van der Waals surface area contributed by atoms with E-state index in [-0.39, 0.29) is 6.54 Å². The van der Waals surface area contributed by atoms with E-state index in [1.165, 1.54) is 12.1 Å². The lowest BCUT2D eigenvalue weighted by molar-refractivity contribution is -0.387. The minimum Gasteiger partial charge on any atom is -0.480 e. The van der Waals surface area contributed by atoms with Crippen LogP contribution in [0.25, 0.3) is 0 Å². The summed E-state index contributed by atoms with van der Waals surface area (Å²) < 4.78 is 24.7. The van der Waals surface area contributed by atoms with Crippen molar-refractivity contribution in [3.8, 4) is 0 Å². The van der Waals surface area contributed by atoms with Gasteiger partial charge in [0.2, 0.25) is 0 Å². The van der Waals surface area contributed by atoms with Gasteiger partial charge < -0.3 is 5.11 Å². The van der Waals surface area contributed by atoms with Crippen LogP contribution in [0.2, 0.25) is 0 Å². The van der Waals surface area contributed by atoms with Crippen molar-refractivity contribution in [1.29, 1.82) is 0 Å². The number of nitro groups is 1. The second-order valence-corrected chi connectivity index (χ2v) is 5.51. The first-order valence-electron chi connectivity index (χ1n) is 4.84. The molecule has 18 heavy (non-hydrogen) atoms. The number of nitrogens with zero attached hydrogens (tertiary/aromatic N) is 2. The van der Waals surface area contributed by atoms with Crippen LogP contribution >= 0.6 is 0 Å². The summed E-state index contributed by atoms with van der Waals surface area (Å²) in [5.41, 5.74) is -0.562. The highest BCUT2D eigenvalue weighted by molar-refractivity contribution is 7.89. The number of rotatable bonds is 4. The van der Waals surface area contributed by atoms with Gasteiger partial charge in [0.05, 0.1) is 4.92 Å². The molecule has 1 heterocycles. The fourth-order valence-electron chi connectivity index (χ4n) is 1.54. The number of nitro benzene ring substituents is 1. The van der Waals surface area contributed by atoms with Gasteiger partial charge in [-0.3, -0.25) is 14.9 Å². The molecular formula is C9H8N2O6S. The normalized spacial score (nSPS) is 22.4. The van der Waals surface area contributed by atoms with Crippen LogP contribution in [-0.2, 0) is 14.8 Å². The smallest absolute Gasteiger partial charge is 0.323 e. The Labute approximate surface area is 102 Å². The standard InChI is InChI=1S/C9H8N2O6S/c12-9(13)7-5-10(7)18(16,17)8-4-2-1-3-6(8)11(14)15/h1-4,7H,5H2,(H,12,13). The number of carbonyl (C=O) groups is 1. The van der Waals surface area contributed by atoms with Crippen molar-refractivity contribution in [1.82, 2.24) is 4.31 Å². The van der Waals surface area contributed by atoms with Gasteiger partial charge in [-0.15, -0.1) is 0 Å². The monoisotopic (exact) mass is 272 g/mol. The maximum Gasteiger partial charge on any atom is 0.323 e. The maximum absolute atomic E-state index is 12.0. The third-order valence-corrected chi connectivity index (χ3v) is 4.42. The molecule has 0 radical (unpaired) electrons. The molecule has 1 fully saturated rings. The summed E-state index contributed by atoms with van der Waals surface area (Å²) in [5.74, 6) is -1.27. The number of carboxylic acids is 1. The van der Waals surface area contributed by atoms with Gasteiger partial charge in [-0.25, -0.2) is 8.42 Å².